The Balaban J connectivity index is 2.20. The highest BCUT2D eigenvalue weighted by Gasteiger charge is 2.10. The highest BCUT2D eigenvalue weighted by Crippen LogP contribution is 2.27. The van der Waals surface area contributed by atoms with E-state index < -0.39 is 5.97 Å². The van der Waals surface area contributed by atoms with E-state index in [2.05, 4.69) is 15.9 Å². The molecule has 2 rings (SSSR count). The summed E-state index contributed by atoms with van der Waals surface area (Å²) in [4.78, 5) is 10.9. The van der Waals surface area contributed by atoms with Crippen LogP contribution in [-0.4, -0.2) is 11.1 Å². The Kier molecular flexibility index (Phi) is 4.84. The van der Waals surface area contributed by atoms with E-state index in [9.17, 15) is 4.79 Å². The van der Waals surface area contributed by atoms with Gasteiger partial charge in [0.15, 0.2) is 0 Å². The fourth-order valence-electron chi connectivity index (χ4n) is 1.69. The standard InChI is InChI=1S/C15H9BrClNO3/c16-12-6-9(15(19)20)4-5-10(12)8-21-14-3-1-2-13(17)11(14)7-18/h1-6H,8H2,(H,19,20). The predicted molar refractivity (Wildman–Crippen MR) is 81.6 cm³/mol. The Morgan fingerprint density at radius 1 is 1.38 bits per heavy atom. The van der Waals surface area contributed by atoms with E-state index in [1.807, 2.05) is 6.07 Å². The van der Waals surface area contributed by atoms with Gasteiger partial charge < -0.3 is 9.84 Å². The monoisotopic (exact) mass is 365 g/mol. The summed E-state index contributed by atoms with van der Waals surface area (Å²) in [7, 11) is 0. The molecule has 21 heavy (non-hydrogen) atoms. The molecule has 2 aromatic carbocycles. The molecule has 0 aliphatic carbocycles. The van der Waals surface area contributed by atoms with Crippen molar-refractivity contribution in [3.05, 3.63) is 62.6 Å². The number of ether oxygens (including phenoxy) is 1. The number of nitriles is 1. The van der Waals surface area contributed by atoms with Crippen molar-refractivity contribution < 1.29 is 14.6 Å². The van der Waals surface area contributed by atoms with Crippen LogP contribution in [0.5, 0.6) is 5.75 Å². The van der Waals surface area contributed by atoms with Gasteiger partial charge in [0.05, 0.1) is 10.6 Å². The van der Waals surface area contributed by atoms with Gasteiger partial charge in [-0.2, -0.15) is 5.26 Å². The number of benzene rings is 2. The maximum atomic E-state index is 10.9. The number of rotatable bonds is 4. The highest BCUT2D eigenvalue weighted by molar-refractivity contribution is 9.10. The van der Waals surface area contributed by atoms with Crippen LogP contribution in [0.2, 0.25) is 5.02 Å². The number of hydrogen-bond donors (Lipinski definition) is 1. The van der Waals surface area contributed by atoms with Gasteiger partial charge in [-0.3, -0.25) is 0 Å². The molecular formula is C15H9BrClNO3. The smallest absolute Gasteiger partial charge is 0.335 e. The largest absolute Gasteiger partial charge is 0.487 e. The van der Waals surface area contributed by atoms with Crippen LogP contribution in [0, 0.1) is 11.3 Å². The minimum atomic E-state index is -0.996. The third kappa shape index (κ3) is 3.54. The lowest BCUT2D eigenvalue weighted by atomic mass is 10.1. The van der Waals surface area contributed by atoms with Crippen LogP contribution in [-0.2, 0) is 6.61 Å². The summed E-state index contributed by atoms with van der Waals surface area (Å²) in [6.07, 6.45) is 0. The summed E-state index contributed by atoms with van der Waals surface area (Å²) >= 11 is 9.23. The molecule has 0 aliphatic heterocycles. The van der Waals surface area contributed by atoms with Crippen molar-refractivity contribution in [2.75, 3.05) is 0 Å². The molecule has 0 radical (unpaired) electrons. The van der Waals surface area contributed by atoms with Crippen LogP contribution in [0.15, 0.2) is 40.9 Å². The maximum Gasteiger partial charge on any atom is 0.335 e. The van der Waals surface area contributed by atoms with E-state index in [0.29, 0.717) is 15.2 Å². The number of carboxylic acids is 1. The number of carboxylic acid groups (broad SMARTS) is 1. The van der Waals surface area contributed by atoms with Gasteiger partial charge >= 0.3 is 5.97 Å². The van der Waals surface area contributed by atoms with Gasteiger partial charge in [0.2, 0.25) is 0 Å². The second kappa shape index (κ2) is 6.61. The molecule has 106 valence electrons. The van der Waals surface area contributed by atoms with E-state index in [-0.39, 0.29) is 17.7 Å². The summed E-state index contributed by atoms with van der Waals surface area (Å²) in [5, 5.41) is 18.3. The molecule has 0 heterocycles. The van der Waals surface area contributed by atoms with Gasteiger partial charge in [-0.05, 0) is 24.3 Å². The molecule has 2 aromatic rings. The van der Waals surface area contributed by atoms with Gasteiger partial charge in [-0.15, -0.1) is 0 Å². The first-order valence-electron chi connectivity index (χ1n) is 5.86. The summed E-state index contributed by atoms with van der Waals surface area (Å²) in [6.45, 7) is 0.190. The van der Waals surface area contributed by atoms with Crippen molar-refractivity contribution in [2.45, 2.75) is 6.61 Å². The van der Waals surface area contributed by atoms with Crippen molar-refractivity contribution in [1.29, 1.82) is 5.26 Å². The first-order chi connectivity index (χ1) is 10.0. The Morgan fingerprint density at radius 2 is 2.14 bits per heavy atom. The van der Waals surface area contributed by atoms with Gasteiger partial charge in [-0.1, -0.05) is 39.7 Å². The molecular weight excluding hydrogens is 358 g/mol. The Hall–Kier alpha value is -2.03. The Morgan fingerprint density at radius 3 is 2.76 bits per heavy atom. The molecule has 0 amide bonds. The van der Waals surface area contributed by atoms with E-state index in [0.717, 1.165) is 5.56 Å². The van der Waals surface area contributed by atoms with Crippen LogP contribution in [0.4, 0.5) is 0 Å². The molecule has 0 spiro atoms. The summed E-state index contributed by atoms with van der Waals surface area (Å²) < 4.78 is 6.22. The van der Waals surface area contributed by atoms with Crippen molar-refractivity contribution in [1.82, 2.24) is 0 Å². The molecule has 6 heteroatoms. The molecule has 0 aromatic heterocycles. The zero-order valence-corrected chi connectivity index (χ0v) is 13.0. The molecule has 0 saturated carbocycles. The molecule has 0 bridgehead atoms. The molecule has 1 N–H and O–H groups in total. The number of carbonyl (C=O) groups is 1. The normalized spacial score (nSPS) is 9.95. The second-order valence-corrected chi connectivity index (χ2v) is 5.39. The molecule has 0 unspecified atom stereocenters. The van der Waals surface area contributed by atoms with Crippen LogP contribution < -0.4 is 4.74 Å². The maximum absolute atomic E-state index is 10.9. The number of halogens is 2. The lowest BCUT2D eigenvalue weighted by molar-refractivity contribution is 0.0696. The summed E-state index contributed by atoms with van der Waals surface area (Å²) in [5.41, 5.74) is 1.23. The van der Waals surface area contributed by atoms with E-state index in [4.69, 9.17) is 26.7 Å². The van der Waals surface area contributed by atoms with Crippen LogP contribution in [0.3, 0.4) is 0 Å². The van der Waals surface area contributed by atoms with Crippen LogP contribution >= 0.6 is 27.5 Å². The molecule has 0 atom stereocenters. The van der Waals surface area contributed by atoms with Crippen molar-refractivity contribution >= 4 is 33.5 Å². The minimum Gasteiger partial charge on any atom is -0.487 e. The van der Waals surface area contributed by atoms with Crippen molar-refractivity contribution in [2.24, 2.45) is 0 Å². The van der Waals surface area contributed by atoms with E-state index in [1.165, 1.54) is 12.1 Å². The average Bonchev–Trinajstić information content (AvgIpc) is 2.45. The SMILES string of the molecule is N#Cc1c(Cl)cccc1OCc1ccc(C(=O)O)cc1Br. The molecule has 0 fully saturated rings. The fourth-order valence-corrected chi connectivity index (χ4v) is 2.39. The first kappa shape index (κ1) is 15.4. The third-order valence-electron chi connectivity index (χ3n) is 2.77. The number of aromatic carboxylic acids is 1. The zero-order chi connectivity index (χ0) is 15.4. The zero-order valence-electron chi connectivity index (χ0n) is 10.6. The van der Waals surface area contributed by atoms with Crippen molar-refractivity contribution in [3.8, 4) is 11.8 Å². The van der Waals surface area contributed by atoms with Crippen molar-refractivity contribution in [3.63, 3.8) is 0 Å². The lowest BCUT2D eigenvalue weighted by Gasteiger charge is -2.10. The van der Waals surface area contributed by atoms with Gasteiger partial charge in [-0.25, -0.2) is 4.79 Å². The van der Waals surface area contributed by atoms with Gasteiger partial charge in [0.25, 0.3) is 0 Å². The summed E-state index contributed by atoms with van der Waals surface area (Å²) in [6, 6.07) is 11.6. The summed E-state index contributed by atoms with van der Waals surface area (Å²) in [5.74, 6) is -0.607. The Labute approximate surface area is 134 Å². The minimum absolute atomic E-state index is 0.186. The second-order valence-electron chi connectivity index (χ2n) is 4.12. The average molecular weight is 367 g/mol. The lowest BCUT2D eigenvalue weighted by Crippen LogP contribution is -2.01. The fraction of sp³-hybridized carbons (Fsp3) is 0.0667. The first-order valence-corrected chi connectivity index (χ1v) is 7.03. The Bertz CT molecular complexity index is 740. The number of hydrogen-bond acceptors (Lipinski definition) is 3. The molecule has 0 saturated heterocycles. The van der Waals surface area contributed by atoms with Gasteiger partial charge in [0.1, 0.15) is 24.0 Å². The predicted octanol–water partition coefficient (Wildman–Crippen LogP) is 4.25. The highest BCUT2D eigenvalue weighted by atomic mass is 79.9. The van der Waals surface area contributed by atoms with Crippen LogP contribution in [0.25, 0.3) is 0 Å². The molecule has 0 aliphatic rings. The third-order valence-corrected chi connectivity index (χ3v) is 3.82. The number of nitrogens with zero attached hydrogens (tertiary/aromatic N) is 1. The van der Waals surface area contributed by atoms with E-state index >= 15 is 0 Å². The molecule has 4 nitrogen and oxygen atoms in total. The van der Waals surface area contributed by atoms with E-state index in [1.54, 1.807) is 24.3 Å². The quantitative estimate of drug-likeness (QED) is 0.878. The van der Waals surface area contributed by atoms with Gasteiger partial charge in [0, 0.05) is 10.0 Å². The topological polar surface area (TPSA) is 70.3 Å². The van der Waals surface area contributed by atoms with Crippen LogP contribution in [0.1, 0.15) is 21.5 Å².